The number of hydrogen-bond donors (Lipinski definition) is 1. The summed E-state index contributed by atoms with van der Waals surface area (Å²) in [5, 5.41) is 2.86. The molecule has 2 rings (SSSR count). The average Bonchev–Trinajstić information content (AvgIpc) is 2.61. The summed E-state index contributed by atoms with van der Waals surface area (Å²) in [6, 6.07) is 12.5. The van der Waals surface area contributed by atoms with Gasteiger partial charge >= 0.3 is 5.97 Å². The number of anilines is 1. The van der Waals surface area contributed by atoms with E-state index in [-0.39, 0.29) is 24.5 Å². The summed E-state index contributed by atoms with van der Waals surface area (Å²) in [6.45, 7) is 9.59. The highest BCUT2D eigenvalue weighted by Gasteiger charge is 2.14. The predicted octanol–water partition coefficient (Wildman–Crippen LogP) is 4.70. The summed E-state index contributed by atoms with van der Waals surface area (Å²) in [5.74, 6) is 0.0452. The Kier molecular flexibility index (Phi) is 6.99. The van der Waals surface area contributed by atoms with Crippen LogP contribution in [0.3, 0.4) is 0 Å². The molecule has 0 aromatic heterocycles. The minimum Gasteiger partial charge on any atom is -0.491 e. The topological polar surface area (TPSA) is 64.6 Å². The van der Waals surface area contributed by atoms with E-state index in [1.54, 1.807) is 24.3 Å². The number of para-hydroxylation sites is 1. The molecular formula is C22H27NO4. The van der Waals surface area contributed by atoms with Gasteiger partial charge in [-0.15, -0.1) is 0 Å². The lowest BCUT2D eigenvalue weighted by Gasteiger charge is -2.16. The second-order valence-corrected chi connectivity index (χ2v) is 7.01. The molecule has 0 radical (unpaired) electrons. The van der Waals surface area contributed by atoms with Crippen LogP contribution in [0.2, 0.25) is 0 Å². The fraction of sp³-hybridized carbons (Fsp3) is 0.364. The van der Waals surface area contributed by atoms with Crippen LogP contribution in [0, 0.1) is 6.92 Å². The molecule has 1 N–H and O–H groups in total. The normalized spacial score (nSPS) is 10.8. The van der Waals surface area contributed by atoms with Gasteiger partial charge in [0.25, 0.3) is 5.91 Å². The fourth-order valence-corrected chi connectivity index (χ4v) is 2.67. The SMILES string of the molecule is Cc1cccc(C(C)C)c1NC(=O)COC(=O)c1ccc(OC(C)C)cc1. The van der Waals surface area contributed by atoms with Crippen molar-refractivity contribution in [2.24, 2.45) is 0 Å². The van der Waals surface area contributed by atoms with Crippen LogP contribution < -0.4 is 10.1 Å². The number of amides is 1. The van der Waals surface area contributed by atoms with Gasteiger partial charge in [0, 0.05) is 5.69 Å². The van der Waals surface area contributed by atoms with Gasteiger partial charge in [0.1, 0.15) is 5.75 Å². The maximum Gasteiger partial charge on any atom is 0.338 e. The van der Waals surface area contributed by atoms with Crippen molar-refractivity contribution in [3.05, 3.63) is 59.2 Å². The molecule has 0 spiro atoms. The third-order valence-corrected chi connectivity index (χ3v) is 3.99. The third-order valence-electron chi connectivity index (χ3n) is 3.99. The molecule has 0 atom stereocenters. The molecule has 1 amide bonds. The number of aryl methyl sites for hydroxylation is 1. The van der Waals surface area contributed by atoms with Gasteiger partial charge in [-0.1, -0.05) is 32.0 Å². The highest BCUT2D eigenvalue weighted by Crippen LogP contribution is 2.27. The van der Waals surface area contributed by atoms with E-state index >= 15 is 0 Å². The van der Waals surface area contributed by atoms with E-state index in [0.717, 1.165) is 16.8 Å². The van der Waals surface area contributed by atoms with Gasteiger partial charge in [-0.05, 0) is 62.1 Å². The number of hydrogen-bond acceptors (Lipinski definition) is 4. The molecule has 0 bridgehead atoms. The van der Waals surface area contributed by atoms with E-state index in [1.807, 2.05) is 39.0 Å². The van der Waals surface area contributed by atoms with Crippen LogP contribution in [0.15, 0.2) is 42.5 Å². The minimum atomic E-state index is -0.546. The number of carbonyl (C=O) groups is 2. The van der Waals surface area contributed by atoms with E-state index in [0.29, 0.717) is 11.3 Å². The van der Waals surface area contributed by atoms with E-state index < -0.39 is 5.97 Å². The zero-order valence-corrected chi connectivity index (χ0v) is 16.5. The number of nitrogens with one attached hydrogen (secondary N) is 1. The van der Waals surface area contributed by atoms with Gasteiger partial charge in [0.05, 0.1) is 11.7 Å². The molecule has 0 aliphatic rings. The molecule has 0 saturated carbocycles. The first-order valence-electron chi connectivity index (χ1n) is 9.11. The number of carbonyl (C=O) groups excluding carboxylic acids is 2. The Morgan fingerprint density at radius 1 is 1.00 bits per heavy atom. The Morgan fingerprint density at radius 2 is 1.67 bits per heavy atom. The van der Waals surface area contributed by atoms with Crippen molar-refractivity contribution in [1.82, 2.24) is 0 Å². The van der Waals surface area contributed by atoms with E-state index in [2.05, 4.69) is 19.2 Å². The van der Waals surface area contributed by atoms with Crippen molar-refractivity contribution in [1.29, 1.82) is 0 Å². The molecule has 2 aromatic rings. The Morgan fingerprint density at radius 3 is 2.26 bits per heavy atom. The minimum absolute atomic E-state index is 0.0590. The number of esters is 1. The zero-order valence-electron chi connectivity index (χ0n) is 16.5. The first-order valence-corrected chi connectivity index (χ1v) is 9.11. The molecule has 0 fully saturated rings. The summed E-state index contributed by atoms with van der Waals surface area (Å²) in [7, 11) is 0. The van der Waals surface area contributed by atoms with E-state index in [4.69, 9.17) is 9.47 Å². The lowest BCUT2D eigenvalue weighted by atomic mass is 9.98. The maximum absolute atomic E-state index is 12.2. The quantitative estimate of drug-likeness (QED) is 0.719. The van der Waals surface area contributed by atoms with Crippen molar-refractivity contribution >= 4 is 17.6 Å². The van der Waals surface area contributed by atoms with Crippen molar-refractivity contribution in [3.8, 4) is 5.75 Å². The molecule has 0 heterocycles. The first-order chi connectivity index (χ1) is 12.8. The third kappa shape index (κ3) is 5.84. The molecule has 27 heavy (non-hydrogen) atoms. The summed E-state index contributed by atoms with van der Waals surface area (Å²) in [5.41, 5.74) is 3.18. The van der Waals surface area contributed by atoms with Gasteiger partial charge < -0.3 is 14.8 Å². The number of rotatable bonds is 7. The summed E-state index contributed by atoms with van der Waals surface area (Å²) in [4.78, 5) is 24.4. The van der Waals surface area contributed by atoms with E-state index in [9.17, 15) is 9.59 Å². The second-order valence-electron chi connectivity index (χ2n) is 7.01. The monoisotopic (exact) mass is 369 g/mol. The van der Waals surface area contributed by atoms with Gasteiger partial charge in [-0.2, -0.15) is 0 Å². The second kappa shape index (κ2) is 9.21. The largest absolute Gasteiger partial charge is 0.491 e. The van der Waals surface area contributed by atoms with Crippen LogP contribution in [0.4, 0.5) is 5.69 Å². The maximum atomic E-state index is 12.2. The smallest absolute Gasteiger partial charge is 0.338 e. The molecule has 2 aromatic carbocycles. The molecule has 144 valence electrons. The Balaban J connectivity index is 1.95. The molecule has 0 aliphatic heterocycles. The van der Waals surface area contributed by atoms with Crippen LogP contribution in [0.25, 0.3) is 0 Å². The molecule has 5 heteroatoms. The first kappa shape index (κ1) is 20.5. The molecule has 0 aliphatic carbocycles. The molecule has 0 unspecified atom stereocenters. The molecule has 5 nitrogen and oxygen atoms in total. The van der Waals surface area contributed by atoms with Gasteiger partial charge in [0.2, 0.25) is 0 Å². The Hall–Kier alpha value is -2.82. The average molecular weight is 369 g/mol. The van der Waals surface area contributed by atoms with Gasteiger partial charge in [0.15, 0.2) is 6.61 Å². The molecular weight excluding hydrogens is 342 g/mol. The lowest BCUT2D eigenvalue weighted by Crippen LogP contribution is -2.22. The summed E-state index contributed by atoms with van der Waals surface area (Å²) in [6.07, 6.45) is 0.0590. The van der Waals surface area contributed by atoms with Crippen LogP contribution >= 0.6 is 0 Å². The lowest BCUT2D eigenvalue weighted by molar-refractivity contribution is -0.119. The van der Waals surface area contributed by atoms with Crippen molar-refractivity contribution in [3.63, 3.8) is 0 Å². The van der Waals surface area contributed by atoms with Crippen LogP contribution in [-0.4, -0.2) is 24.6 Å². The fourth-order valence-electron chi connectivity index (χ4n) is 2.67. The van der Waals surface area contributed by atoms with Gasteiger partial charge in [-0.3, -0.25) is 4.79 Å². The van der Waals surface area contributed by atoms with Crippen LogP contribution in [0.1, 0.15) is 55.1 Å². The Labute approximate surface area is 160 Å². The summed E-state index contributed by atoms with van der Waals surface area (Å²) >= 11 is 0. The Bertz CT molecular complexity index is 794. The van der Waals surface area contributed by atoms with Gasteiger partial charge in [-0.25, -0.2) is 4.79 Å². The van der Waals surface area contributed by atoms with Crippen LogP contribution in [0.5, 0.6) is 5.75 Å². The predicted molar refractivity (Wildman–Crippen MR) is 106 cm³/mol. The standard InChI is InChI=1S/C22H27NO4/c1-14(2)19-8-6-7-16(5)21(19)23-20(24)13-26-22(25)17-9-11-18(12-10-17)27-15(3)4/h6-12,14-15H,13H2,1-5H3,(H,23,24). The van der Waals surface area contributed by atoms with Crippen molar-refractivity contribution in [2.75, 3.05) is 11.9 Å². The summed E-state index contributed by atoms with van der Waals surface area (Å²) < 4.78 is 10.7. The zero-order chi connectivity index (χ0) is 20.0. The van der Waals surface area contributed by atoms with E-state index in [1.165, 1.54) is 0 Å². The van der Waals surface area contributed by atoms with Crippen LogP contribution in [-0.2, 0) is 9.53 Å². The number of ether oxygens (including phenoxy) is 2. The highest BCUT2D eigenvalue weighted by molar-refractivity contribution is 5.96. The molecule has 0 saturated heterocycles. The van der Waals surface area contributed by atoms with Crippen molar-refractivity contribution < 1.29 is 19.1 Å². The van der Waals surface area contributed by atoms with Crippen molar-refractivity contribution in [2.45, 2.75) is 46.6 Å². The number of benzene rings is 2. The highest BCUT2D eigenvalue weighted by atomic mass is 16.5.